The van der Waals surface area contributed by atoms with E-state index in [1.165, 1.54) is 5.56 Å². The number of ether oxygens (including phenoxy) is 2. The van der Waals surface area contributed by atoms with Crippen LogP contribution in [0.2, 0.25) is 0 Å². The van der Waals surface area contributed by atoms with Crippen LogP contribution in [0, 0.1) is 0 Å². The van der Waals surface area contributed by atoms with Crippen molar-refractivity contribution in [2.24, 2.45) is 4.99 Å². The summed E-state index contributed by atoms with van der Waals surface area (Å²) in [6.45, 7) is 6.36. The maximum Gasteiger partial charge on any atom is 0.232 e. The van der Waals surface area contributed by atoms with E-state index in [9.17, 15) is 4.79 Å². The summed E-state index contributed by atoms with van der Waals surface area (Å²) < 4.78 is 10.6. The molecule has 2 aromatic carbocycles. The van der Waals surface area contributed by atoms with Gasteiger partial charge in [-0.1, -0.05) is 42.5 Å². The molecule has 0 radical (unpaired) electrons. The van der Waals surface area contributed by atoms with Crippen LogP contribution in [0.1, 0.15) is 24.0 Å². The molecule has 33 heavy (non-hydrogen) atoms. The zero-order chi connectivity index (χ0) is 22.6. The Labute approximate surface area is 214 Å². The van der Waals surface area contributed by atoms with E-state index in [-0.39, 0.29) is 35.8 Å². The summed E-state index contributed by atoms with van der Waals surface area (Å²) in [6, 6.07) is 18.0. The van der Waals surface area contributed by atoms with Gasteiger partial charge >= 0.3 is 0 Å². The molecule has 3 rings (SSSR count). The van der Waals surface area contributed by atoms with Gasteiger partial charge in [-0.2, -0.15) is 0 Å². The van der Waals surface area contributed by atoms with Gasteiger partial charge in [0.05, 0.1) is 32.8 Å². The number of methoxy groups -OCH3 is 1. The fourth-order valence-corrected chi connectivity index (χ4v) is 3.66. The second kappa shape index (κ2) is 14.7. The predicted octanol–water partition coefficient (Wildman–Crippen LogP) is 3.05. The average Bonchev–Trinajstić information content (AvgIpc) is 2.85. The van der Waals surface area contributed by atoms with Crippen LogP contribution in [-0.2, 0) is 16.0 Å². The Hall–Kier alpha value is -2.33. The molecule has 1 fully saturated rings. The molecular weight excluding hydrogens is 531 g/mol. The molecular formula is C25H35IN4O3. The minimum Gasteiger partial charge on any atom is -0.497 e. The largest absolute Gasteiger partial charge is 0.497 e. The highest BCUT2D eigenvalue weighted by Gasteiger charge is 2.27. The van der Waals surface area contributed by atoms with Crippen LogP contribution in [0.25, 0.3) is 0 Å². The molecule has 0 bridgehead atoms. The molecule has 0 aliphatic carbocycles. The van der Waals surface area contributed by atoms with Gasteiger partial charge in [0.1, 0.15) is 5.75 Å². The van der Waals surface area contributed by atoms with Crippen LogP contribution in [0.3, 0.4) is 0 Å². The first-order valence-corrected chi connectivity index (χ1v) is 11.3. The number of carbonyl (C=O) groups is 1. The minimum absolute atomic E-state index is 0. The van der Waals surface area contributed by atoms with E-state index in [1.807, 2.05) is 54.3 Å². The minimum atomic E-state index is -0.314. The van der Waals surface area contributed by atoms with Gasteiger partial charge in [-0.05, 0) is 36.6 Å². The first kappa shape index (κ1) is 26.9. The Morgan fingerprint density at radius 1 is 1.09 bits per heavy atom. The molecule has 1 atom stereocenters. The molecule has 7 nitrogen and oxygen atoms in total. The van der Waals surface area contributed by atoms with Crippen molar-refractivity contribution in [1.29, 1.82) is 0 Å². The first-order chi connectivity index (χ1) is 15.7. The van der Waals surface area contributed by atoms with Crippen molar-refractivity contribution in [3.05, 3.63) is 65.7 Å². The van der Waals surface area contributed by atoms with E-state index >= 15 is 0 Å². The third-order valence-electron chi connectivity index (χ3n) is 5.46. The highest BCUT2D eigenvalue weighted by atomic mass is 127. The molecule has 2 N–H and O–H groups in total. The second-order valence-corrected chi connectivity index (χ2v) is 7.65. The van der Waals surface area contributed by atoms with Crippen molar-refractivity contribution in [1.82, 2.24) is 15.5 Å². The fourth-order valence-electron chi connectivity index (χ4n) is 3.66. The molecule has 180 valence electrons. The van der Waals surface area contributed by atoms with Crippen LogP contribution in [0.15, 0.2) is 59.6 Å². The molecule has 0 spiro atoms. The smallest absolute Gasteiger partial charge is 0.232 e. The van der Waals surface area contributed by atoms with Gasteiger partial charge in [0.25, 0.3) is 0 Å². The summed E-state index contributed by atoms with van der Waals surface area (Å²) >= 11 is 0. The molecule has 2 aromatic rings. The first-order valence-electron chi connectivity index (χ1n) is 11.3. The Balaban J connectivity index is 0.00000385. The van der Waals surface area contributed by atoms with Gasteiger partial charge in [0.2, 0.25) is 5.91 Å². The molecule has 1 unspecified atom stereocenters. The summed E-state index contributed by atoms with van der Waals surface area (Å²) in [5.74, 6) is 1.37. The van der Waals surface area contributed by atoms with Crippen molar-refractivity contribution in [3.8, 4) is 5.75 Å². The molecule has 1 amide bonds. The topological polar surface area (TPSA) is 75.2 Å². The van der Waals surface area contributed by atoms with E-state index in [0.717, 1.165) is 36.8 Å². The molecule has 1 aliphatic heterocycles. The van der Waals surface area contributed by atoms with Crippen molar-refractivity contribution in [3.63, 3.8) is 0 Å². The van der Waals surface area contributed by atoms with Crippen molar-refractivity contribution in [2.75, 3.05) is 53.0 Å². The number of nitrogens with one attached hydrogen (secondary N) is 2. The van der Waals surface area contributed by atoms with Crippen molar-refractivity contribution < 1.29 is 14.3 Å². The standard InChI is InChI=1S/C25H34N4O3.HI/c1-3-26-25(27-14-13-20-9-11-22(31-2)12-10-20)28-19-23(21-7-5-4-6-8-21)24(30)29-15-17-32-18-16-29;/h4-12,23H,3,13-19H2,1-2H3,(H2,26,27,28);1H. The highest BCUT2D eigenvalue weighted by molar-refractivity contribution is 14.0. The van der Waals surface area contributed by atoms with E-state index < -0.39 is 0 Å². The maximum absolute atomic E-state index is 13.3. The monoisotopic (exact) mass is 566 g/mol. The van der Waals surface area contributed by atoms with Gasteiger partial charge in [0.15, 0.2) is 5.96 Å². The molecule has 1 aliphatic rings. The molecule has 1 saturated heterocycles. The lowest BCUT2D eigenvalue weighted by Crippen LogP contribution is -2.44. The fraction of sp³-hybridized carbons (Fsp3) is 0.440. The highest BCUT2D eigenvalue weighted by Crippen LogP contribution is 2.20. The Kier molecular flexibility index (Phi) is 12.0. The molecule has 8 heteroatoms. The van der Waals surface area contributed by atoms with Gasteiger partial charge in [-0.3, -0.25) is 9.79 Å². The van der Waals surface area contributed by atoms with Gasteiger partial charge < -0.3 is 25.0 Å². The quantitative estimate of drug-likeness (QED) is 0.278. The van der Waals surface area contributed by atoms with Crippen LogP contribution in [-0.4, -0.2) is 69.8 Å². The number of amides is 1. The molecule has 0 aromatic heterocycles. The lowest BCUT2D eigenvalue weighted by molar-refractivity contribution is -0.136. The van der Waals surface area contributed by atoms with Crippen LogP contribution in [0.4, 0.5) is 0 Å². The predicted molar refractivity (Wildman–Crippen MR) is 143 cm³/mol. The Morgan fingerprint density at radius 3 is 2.42 bits per heavy atom. The number of hydrogen-bond acceptors (Lipinski definition) is 4. The third kappa shape index (κ3) is 8.51. The second-order valence-electron chi connectivity index (χ2n) is 7.65. The molecule has 0 saturated carbocycles. The van der Waals surface area contributed by atoms with Crippen molar-refractivity contribution >= 4 is 35.8 Å². The number of benzene rings is 2. The van der Waals surface area contributed by atoms with E-state index in [0.29, 0.717) is 32.8 Å². The SMILES string of the molecule is CCNC(=NCC(C(=O)N1CCOCC1)c1ccccc1)NCCc1ccc(OC)cc1.I. The van der Waals surface area contributed by atoms with Gasteiger partial charge in [-0.15, -0.1) is 24.0 Å². The van der Waals surface area contributed by atoms with E-state index in [2.05, 4.69) is 22.8 Å². The Bertz CT molecular complexity index is 856. The van der Waals surface area contributed by atoms with Crippen LogP contribution in [0.5, 0.6) is 5.75 Å². The number of aliphatic imine (C=N–C) groups is 1. The number of carbonyl (C=O) groups excluding carboxylic acids is 1. The van der Waals surface area contributed by atoms with E-state index in [4.69, 9.17) is 14.5 Å². The van der Waals surface area contributed by atoms with Crippen molar-refractivity contribution in [2.45, 2.75) is 19.3 Å². The third-order valence-corrected chi connectivity index (χ3v) is 5.46. The lowest BCUT2D eigenvalue weighted by Gasteiger charge is -2.30. The number of hydrogen-bond donors (Lipinski definition) is 2. The Morgan fingerprint density at radius 2 is 1.79 bits per heavy atom. The number of nitrogens with zero attached hydrogens (tertiary/aromatic N) is 2. The molecule has 1 heterocycles. The van der Waals surface area contributed by atoms with Crippen LogP contribution >= 0.6 is 24.0 Å². The number of rotatable bonds is 9. The normalized spacial score (nSPS) is 14.7. The number of guanidine groups is 1. The average molecular weight is 566 g/mol. The summed E-state index contributed by atoms with van der Waals surface area (Å²) in [5, 5.41) is 6.67. The summed E-state index contributed by atoms with van der Waals surface area (Å²) in [7, 11) is 1.67. The van der Waals surface area contributed by atoms with Crippen LogP contribution < -0.4 is 15.4 Å². The maximum atomic E-state index is 13.3. The lowest BCUT2D eigenvalue weighted by atomic mass is 9.97. The summed E-state index contributed by atoms with van der Waals surface area (Å²) in [4.78, 5) is 19.9. The van der Waals surface area contributed by atoms with Gasteiger partial charge in [-0.25, -0.2) is 0 Å². The summed E-state index contributed by atoms with van der Waals surface area (Å²) in [5.41, 5.74) is 2.21. The summed E-state index contributed by atoms with van der Waals surface area (Å²) in [6.07, 6.45) is 0.864. The zero-order valence-corrected chi connectivity index (χ0v) is 21.8. The number of morpholine rings is 1. The van der Waals surface area contributed by atoms with E-state index in [1.54, 1.807) is 7.11 Å². The zero-order valence-electron chi connectivity index (χ0n) is 19.5. The number of halogens is 1. The van der Waals surface area contributed by atoms with Gasteiger partial charge in [0, 0.05) is 26.2 Å².